The summed E-state index contributed by atoms with van der Waals surface area (Å²) in [6.07, 6.45) is -5.09. The van der Waals surface area contributed by atoms with Crippen LogP contribution in [0, 0.1) is 0 Å². The summed E-state index contributed by atoms with van der Waals surface area (Å²) in [5.74, 6) is -4.77. The quantitative estimate of drug-likeness (QED) is 0.423. The standard InChI is InChI=1S/C9H9F4NO4/c10-6(9(11,12)13)1-3-18-8(16)7(15)14-2-4-17-5-14/h1H,2-5H2/b6-1-. The number of hydrogen-bond acceptors (Lipinski definition) is 4. The molecule has 5 nitrogen and oxygen atoms in total. The number of carbonyl (C=O) groups is 2. The second-order valence-corrected chi connectivity index (χ2v) is 3.25. The molecule has 0 aromatic carbocycles. The molecule has 18 heavy (non-hydrogen) atoms. The van der Waals surface area contributed by atoms with Gasteiger partial charge in [0.25, 0.3) is 0 Å². The van der Waals surface area contributed by atoms with Crippen molar-refractivity contribution in [3.8, 4) is 0 Å². The molecule has 1 fully saturated rings. The first-order valence-electron chi connectivity index (χ1n) is 4.79. The van der Waals surface area contributed by atoms with Gasteiger partial charge < -0.3 is 14.4 Å². The summed E-state index contributed by atoms with van der Waals surface area (Å²) < 4.78 is 56.4. The predicted molar refractivity (Wildman–Crippen MR) is 48.7 cm³/mol. The van der Waals surface area contributed by atoms with Crippen LogP contribution in [0.15, 0.2) is 11.9 Å². The number of esters is 1. The van der Waals surface area contributed by atoms with E-state index in [2.05, 4.69) is 4.74 Å². The molecule has 0 unspecified atom stereocenters. The Labute approximate surface area is 98.9 Å². The minimum atomic E-state index is -5.13. The third kappa shape index (κ3) is 3.99. The molecule has 9 heteroatoms. The molecule has 1 saturated heterocycles. The second-order valence-electron chi connectivity index (χ2n) is 3.25. The third-order valence-electron chi connectivity index (χ3n) is 1.96. The Morgan fingerprint density at radius 3 is 2.56 bits per heavy atom. The van der Waals surface area contributed by atoms with Crippen molar-refractivity contribution in [2.24, 2.45) is 0 Å². The van der Waals surface area contributed by atoms with E-state index in [-0.39, 0.29) is 26.0 Å². The van der Waals surface area contributed by atoms with E-state index in [1.54, 1.807) is 0 Å². The molecule has 0 saturated carbocycles. The van der Waals surface area contributed by atoms with Gasteiger partial charge in [0, 0.05) is 6.54 Å². The van der Waals surface area contributed by atoms with Crippen molar-refractivity contribution < 1.29 is 36.6 Å². The number of ether oxygens (including phenoxy) is 2. The van der Waals surface area contributed by atoms with Crippen LogP contribution in [-0.2, 0) is 19.1 Å². The van der Waals surface area contributed by atoms with Crippen LogP contribution >= 0.6 is 0 Å². The summed E-state index contributed by atoms with van der Waals surface area (Å²) in [7, 11) is 0. The topological polar surface area (TPSA) is 55.8 Å². The lowest BCUT2D eigenvalue weighted by Gasteiger charge is -2.11. The molecule has 102 valence electrons. The average molecular weight is 271 g/mol. The maximum atomic E-state index is 12.3. The molecule has 0 spiro atoms. The van der Waals surface area contributed by atoms with E-state index in [1.807, 2.05) is 0 Å². The van der Waals surface area contributed by atoms with Crippen LogP contribution in [0.25, 0.3) is 0 Å². The van der Waals surface area contributed by atoms with Crippen molar-refractivity contribution in [3.63, 3.8) is 0 Å². The summed E-state index contributed by atoms with van der Waals surface area (Å²) in [5, 5.41) is 0. The Kier molecular flexibility index (Phi) is 4.65. The van der Waals surface area contributed by atoms with Crippen LogP contribution in [0.1, 0.15) is 0 Å². The second kappa shape index (κ2) is 5.80. The zero-order valence-electron chi connectivity index (χ0n) is 9.00. The zero-order valence-corrected chi connectivity index (χ0v) is 9.00. The lowest BCUT2D eigenvalue weighted by Crippen LogP contribution is -2.35. The van der Waals surface area contributed by atoms with E-state index in [1.165, 1.54) is 0 Å². The third-order valence-corrected chi connectivity index (χ3v) is 1.96. The smallest absolute Gasteiger partial charge is 0.442 e. The molecule has 0 N–H and O–H groups in total. The minimum Gasteiger partial charge on any atom is -0.454 e. The summed E-state index contributed by atoms with van der Waals surface area (Å²) in [4.78, 5) is 23.3. The fourth-order valence-corrected chi connectivity index (χ4v) is 1.07. The maximum Gasteiger partial charge on any atom is 0.442 e. The molecule has 1 heterocycles. The van der Waals surface area contributed by atoms with Gasteiger partial charge in [0.15, 0.2) is 0 Å². The van der Waals surface area contributed by atoms with E-state index in [9.17, 15) is 27.2 Å². The first-order valence-corrected chi connectivity index (χ1v) is 4.79. The van der Waals surface area contributed by atoms with Gasteiger partial charge in [-0.25, -0.2) is 9.18 Å². The van der Waals surface area contributed by atoms with Crippen LogP contribution in [0.4, 0.5) is 17.6 Å². The van der Waals surface area contributed by atoms with Crippen LogP contribution in [-0.4, -0.2) is 49.4 Å². The molecule has 0 aromatic heterocycles. The lowest BCUT2D eigenvalue weighted by molar-refractivity contribution is -0.159. The lowest BCUT2D eigenvalue weighted by atomic mass is 10.4. The number of hydrogen-bond donors (Lipinski definition) is 0. The summed E-state index contributed by atoms with van der Waals surface area (Å²) >= 11 is 0. The van der Waals surface area contributed by atoms with Gasteiger partial charge in [-0.3, -0.25) is 4.79 Å². The highest BCUT2D eigenvalue weighted by atomic mass is 19.4. The van der Waals surface area contributed by atoms with Gasteiger partial charge in [0.2, 0.25) is 5.83 Å². The fourth-order valence-electron chi connectivity index (χ4n) is 1.07. The molecule has 0 atom stereocenters. The van der Waals surface area contributed by atoms with Gasteiger partial charge in [-0.1, -0.05) is 0 Å². The van der Waals surface area contributed by atoms with Gasteiger partial charge >= 0.3 is 18.1 Å². The molecule has 0 radical (unpaired) electrons. The Hall–Kier alpha value is -1.64. The number of carbonyl (C=O) groups excluding carboxylic acids is 2. The molecule has 1 amide bonds. The molecule has 1 aliphatic rings. The van der Waals surface area contributed by atoms with Gasteiger partial charge in [-0.2, -0.15) is 13.2 Å². The summed E-state index contributed by atoms with van der Waals surface area (Å²) in [5.41, 5.74) is 0. The van der Waals surface area contributed by atoms with Crippen molar-refractivity contribution in [2.75, 3.05) is 26.5 Å². The van der Waals surface area contributed by atoms with E-state index in [4.69, 9.17) is 4.74 Å². The Balaban J connectivity index is 2.39. The van der Waals surface area contributed by atoms with Crippen LogP contribution in [0.5, 0.6) is 0 Å². The van der Waals surface area contributed by atoms with Crippen molar-refractivity contribution in [1.29, 1.82) is 0 Å². The maximum absolute atomic E-state index is 12.3. The number of amides is 1. The number of halogens is 4. The molecule has 1 rings (SSSR count). The number of rotatable bonds is 2. The average Bonchev–Trinajstić information content (AvgIpc) is 2.79. The van der Waals surface area contributed by atoms with Gasteiger partial charge in [0.05, 0.1) is 6.61 Å². The molecular weight excluding hydrogens is 262 g/mol. The van der Waals surface area contributed by atoms with Crippen LogP contribution < -0.4 is 0 Å². The molecule has 0 bridgehead atoms. The molecule has 0 aliphatic carbocycles. The SMILES string of the molecule is O=C(OC/C=C(\F)C(F)(F)F)C(=O)N1CCOC1. The number of allylic oxidation sites excluding steroid dienone is 1. The number of nitrogens with zero attached hydrogens (tertiary/aromatic N) is 1. The predicted octanol–water partition coefficient (Wildman–Crippen LogP) is 0.762. The Bertz CT molecular complexity index is 360. The molecule has 1 aliphatic heterocycles. The van der Waals surface area contributed by atoms with Crippen molar-refractivity contribution >= 4 is 11.9 Å². The van der Waals surface area contributed by atoms with Crippen molar-refractivity contribution in [3.05, 3.63) is 11.9 Å². The van der Waals surface area contributed by atoms with Crippen LogP contribution in [0.2, 0.25) is 0 Å². The van der Waals surface area contributed by atoms with E-state index < -0.39 is 30.5 Å². The Morgan fingerprint density at radius 2 is 2.06 bits per heavy atom. The van der Waals surface area contributed by atoms with Gasteiger partial charge in [-0.05, 0) is 6.08 Å². The highest BCUT2D eigenvalue weighted by Gasteiger charge is 2.34. The van der Waals surface area contributed by atoms with E-state index in [0.717, 1.165) is 4.90 Å². The monoisotopic (exact) mass is 271 g/mol. The van der Waals surface area contributed by atoms with Crippen LogP contribution in [0.3, 0.4) is 0 Å². The van der Waals surface area contributed by atoms with Gasteiger partial charge in [-0.15, -0.1) is 0 Å². The highest BCUT2D eigenvalue weighted by molar-refractivity contribution is 6.32. The zero-order chi connectivity index (χ0) is 13.8. The van der Waals surface area contributed by atoms with Crippen molar-refractivity contribution in [2.45, 2.75) is 6.18 Å². The minimum absolute atomic E-state index is 0.0334. The summed E-state index contributed by atoms with van der Waals surface area (Å²) in [6.45, 7) is -0.590. The van der Waals surface area contributed by atoms with Gasteiger partial charge in [0.1, 0.15) is 13.3 Å². The summed E-state index contributed by atoms with van der Waals surface area (Å²) in [6, 6.07) is 0. The molecular formula is C9H9F4NO4. The van der Waals surface area contributed by atoms with Crippen molar-refractivity contribution in [1.82, 2.24) is 4.90 Å². The Morgan fingerprint density at radius 1 is 1.39 bits per heavy atom. The number of alkyl halides is 3. The molecule has 0 aromatic rings. The van der Waals surface area contributed by atoms with E-state index >= 15 is 0 Å². The van der Waals surface area contributed by atoms with E-state index in [0.29, 0.717) is 0 Å². The first-order chi connectivity index (χ1) is 8.32. The highest BCUT2D eigenvalue weighted by Crippen LogP contribution is 2.25. The largest absolute Gasteiger partial charge is 0.454 e. The normalized spacial score (nSPS) is 16.9. The fraction of sp³-hybridized carbons (Fsp3) is 0.556. The first kappa shape index (κ1) is 14.4.